The molecule has 0 radical (unpaired) electrons. The van der Waals surface area contributed by atoms with E-state index < -0.39 is 0 Å². The van der Waals surface area contributed by atoms with Crippen molar-refractivity contribution in [2.24, 2.45) is 5.92 Å². The minimum absolute atomic E-state index is 0. The molecular formula is C15H25Cl2N3O2. The average molecular weight is 350 g/mol. The van der Waals surface area contributed by atoms with Gasteiger partial charge in [0, 0.05) is 44.4 Å². The summed E-state index contributed by atoms with van der Waals surface area (Å²) < 4.78 is 0. The Labute approximate surface area is 144 Å². The number of non-ortho nitro benzene ring substituents is 1. The molecule has 0 bridgehead atoms. The number of hydrogen-bond acceptors (Lipinski definition) is 4. The van der Waals surface area contributed by atoms with Gasteiger partial charge >= 0.3 is 0 Å². The summed E-state index contributed by atoms with van der Waals surface area (Å²) in [6.45, 7) is 8.55. The maximum absolute atomic E-state index is 10.8. The molecule has 2 atom stereocenters. The van der Waals surface area contributed by atoms with E-state index in [4.69, 9.17) is 0 Å². The van der Waals surface area contributed by atoms with Crippen LogP contribution in [0.25, 0.3) is 0 Å². The van der Waals surface area contributed by atoms with Crippen LogP contribution in [-0.2, 0) is 0 Å². The van der Waals surface area contributed by atoms with Gasteiger partial charge in [0.05, 0.1) is 4.92 Å². The smallest absolute Gasteiger partial charge is 0.269 e. The molecule has 1 aromatic rings. The molecule has 22 heavy (non-hydrogen) atoms. The normalized spacial score (nSPS) is 17.7. The molecule has 0 spiro atoms. The summed E-state index contributed by atoms with van der Waals surface area (Å²) in [5.41, 5.74) is 1.35. The van der Waals surface area contributed by atoms with Crippen LogP contribution in [0.3, 0.4) is 0 Å². The van der Waals surface area contributed by atoms with Crippen LogP contribution < -0.4 is 5.32 Å². The fourth-order valence-corrected chi connectivity index (χ4v) is 2.88. The first-order valence-electron chi connectivity index (χ1n) is 7.32. The Kier molecular flexibility index (Phi) is 9.60. The third kappa shape index (κ3) is 5.09. The van der Waals surface area contributed by atoms with Crippen molar-refractivity contribution in [1.29, 1.82) is 0 Å². The van der Waals surface area contributed by atoms with Crippen LogP contribution in [0, 0.1) is 16.0 Å². The van der Waals surface area contributed by atoms with Crippen molar-refractivity contribution in [3.05, 3.63) is 39.9 Å². The van der Waals surface area contributed by atoms with Crippen molar-refractivity contribution < 1.29 is 4.92 Å². The lowest BCUT2D eigenvalue weighted by Gasteiger charge is -2.38. The molecule has 0 aliphatic carbocycles. The van der Waals surface area contributed by atoms with Crippen LogP contribution in [0.2, 0.25) is 0 Å². The summed E-state index contributed by atoms with van der Waals surface area (Å²) in [5, 5.41) is 14.1. The highest BCUT2D eigenvalue weighted by atomic mass is 35.5. The quantitative estimate of drug-likeness (QED) is 0.653. The van der Waals surface area contributed by atoms with Crippen LogP contribution in [0.1, 0.15) is 31.9 Å². The molecule has 5 nitrogen and oxygen atoms in total. The lowest BCUT2D eigenvalue weighted by atomic mass is 9.90. The van der Waals surface area contributed by atoms with E-state index in [1.165, 1.54) is 5.56 Å². The molecule has 1 aliphatic rings. The number of halogens is 2. The number of nitro groups is 1. The first kappa shape index (κ1) is 21.1. The van der Waals surface area contributed by atoms with E-state index >= 15 is 0 Å². The molecule has 0 saturated carbocycles. The molecule has 1 unspecified atom stereocenters. The van der Waals surface area contributed by atoms with E-state index in [0.717, 1.165) is 32.6 Å². The molecule has 1 N–H and O–H groups in total. The van der Waals surface area contributed by atoms with E-state index in [0.29, 0.717) is 12.0 Å². The van der Waals surface area contributed by atoms with Crippen LogP contribution in [0.4, 0.5) is 5.69 Å². The second kappa shape index (κ2) is 10.0. The molecule has 1 heterocycles. The molecule has 2 rings (SSSR count). The third-order valence-corrected chi connectivity index (χ3v) is 4.17. The summed E-state index contributed by atoms with van der Waals surface area (Å²) in [6, 6.07) is 7.41. The predicted octanol–water partition coefficient (Wildman–Crippen LogP) is 3.43. The fourth-order valence-electron chi connectivity index (χ4n) is 2.88. The van der Waals surface area contributed by atoms with Crippen LogP contribution in [-0.4, -0.2) is 36.0 Å². The van der Waals surface area contributed by atoms with Gasteiger partial charge in [-0.3, -0.25) is 15.0 Å². The SMILES string of the molecule is CCC(C)[C@@H](c1ccc([N+](=O)[O-])cc1)N1CCNCC1.Cl.Cl. The summed E-state index contributed by atoms with van der Waals surface area (Å²) in [6.07, 6.45) is 1.10. The minimum Gasteiger partial charge on any atom is -0.314 e. The zero-order valence-corrected chi connectivity index (χ0v) is 14.7. The first-order valence-corrected chi connectivity index (χ1v) is 7.32. The zero-order valence-electron chi connectivity index (χ0n) is 13.0. The first-order chi connectivity index (χ1) is 9.63. The van der Waals surface area contributed by atoms with Gasteiger partial charge < -0.3 is 5.32 Å². The number of nitrogens with zero attached hydrogens (tertiary/aromatic N) is 2. The largest absolute Gasteiger partial charge is 0.314 e. The highest BCUT2D eigenvalue weighted by molar-refractivity contribution is 5.85. The molecule has 0 aromatic heterocycles. The Balaban J connectivity index is 0.00000220. The van der Waals surface area contributed by atoms with Gasteiger partial charge in [-0.25, -0.2) is 0 Å². The molecule has 0 amide bonds. The van der Waals surface area contributed by atoms with E-state index in [2.05, 4.69) is 24.1 Å². The molecule has 1 fully saturated rings. The van der Waals surface area contributed by atoms with Crippen LogP contribution >= 0.6 is 24.8 Å². The number of hydrogen-bond donors (Lipinski definition) is 1. The van der Waals surface area contributed by atoms with Gasteiger partial charge in [0.25, 0.3) is 5.69 Å². The maximum atomic E-state index is 10.8. The highest BCUT2D eigenvalue weighted by Crippen LogP contribution is 2.31. The van der Waals surface area contributed by atoms with Crippen molar-refractivity contribution in [3.63, 3.8) is 0 Å². The monoisotopic (exact) mass is 349 g/mol. The predicted molar refractivity (Wildman–Crippen MR) is 94.2 cm³/mol. The molecule has 1 aliphatic heterocycles. The average Bonchev–Trinajstić information content (AvgIpc) is 2.49. The topological polar surface area (TPSA) is 58.4 Å². The molecule has 126 valence electrons. The third-order valence-electron chi connectivity index (χ3n) is 4.17. The maximum Gasteiger partial charge on any atom is 0.269 e. The standard InChI is InChI=1S/C15H23N3O2.2ClH/c1-3-12(2)15(17-10-8-16-9-11-17)13-4-6-14(7-5-13)18(19)20;;/h4-7,12,15-16H,3,8-11H2,1-2H3;2*1H/t12?,15-;;/m0../s1. The number of piperazine rings is 1. The lowest BCUT2D eigenvalue weighted by molar-refractivity contribution is -0.384. The minimum atomic E-state index is -0.340. The number of rotatable bonds is 5. The summed E-state index contributed by atoms with van der Waals surface area (Å²) in [5.74, 6) is 0.537. The Morgan fingerprint density at radius 3 is 2.23 bits per heavy atom. The Morgan fingerprint density at radius 1 is 1.23 bits per heavy atom. The second-order valence-corrected chi connectivity index (χ2v) is 5.46. The van der Waals surface area contributed by atoms with Crippen LogP contribution in [0.5, 0.6) is 0 Å². The highest BCUT2D eigenvalue weighted by Gasteiger charge is 2.26. The van der Waals surface area contributed by atoms with Gasteiger partial charge in [-0.15, -0.1) is 24.8 Å². The van der Waals surface area contributed by atoms with Gasteiger partial charge in [-0.05, 0) is 11.5 Å². The Morgan fingerprint density at radius 2 is 1.77 bits per heavy atom. The van der Waals surface area contributed by atoms with Gasteiger partial charge in [0.15, 0.2) is 0 Å². The number of benzene rings is 1. The molecule has 7 heteroatoms. The van der Waals surface area contributed by atoms with E-state index in [9.17, 15) is 10.1 Å². The second-order valence-electron chi connectivity index (χ2n) is 5.46. The summed E-state index contributed by atoms with van der Waals surface area (Å²) in [4.78, 5) is 12.9. The summed E-state index contributed by atoms with van der Waals surface area (Å²) >= 11 is 0. The molecule has 1 aromatic carbocycles. The van der Waals surface area contributed by atoms with Gasteiger partial charge in [-0.1, -0.05) is 32.4 Å². The Hall–Kier alpha value is -0.880. The zero-order chi connectivity index (χ0) is 14.5. The number of nitro benzene ring substituents is 1. The van der Waals surface area contributed by atoms with Gasteiger partial charge in [0.1, 0.15) is 0 Å². The van der Waals surface area contributed by atoms with E-state index in [-0.39, 0.29) is 35.4 Å². The molecule has 1 saturated heterocycles. The van der Waals surface area contributed by atoms with E-state index in [1.54, 1.807) is 12.1 Å². The van der Waals surface area contributed by atoms with Gasteiger partial charge in [-0.2, -0.15) is 0 Å². The van der Waals surface area contributed by atoms with Crippen molar-refractivity contribution in [3.8, 4) is 0 Å². The van der Waals surface area contributed by atoms with Crippen molar-refractivity contribution in [2.75, 3.05) is 26.2 Å². The van der Waals surface area contributed by atoms with Crippen molar-refractivity contribution in [1.82, 2.24) is 10.2 Å². The lowest BCUT2D eigenvalue weighted by Crippen LogP contribution is -2.46. The number of nitrogens with one attached hydrogen (secondary N) is 1. The summed E-state index contributed by atoms with van der Waals surface area (Å²) in [7, 11) is 0. The van der Waals surface area contributed by atoms with Gasteiger partial charge in [0.2, 0.25) is 0 Å². The van der Waals surface area contributed by atoms with E-state index in [1.807, 2.05) is 12.1 Å². The van der Waals surface area contributed by atoms with Crippen molar-refractivity contribution >= 4 is 30.5 Å². The fraction of sp³-hybridized carbons (Fsp3) is 0.600. The van der Waals surface area contributed by atoms with Crippen LogP contribution in [0.15, 0.2) is 24.3 Å². The van der Waals surface area contributed by atoms with Crippen molar-refractivity contribution in [2.45, 2.75) is 26.3 Å². The Bertz CT molecular complexity index is 451. The molecular weight excluding hydrogens is 325 g/mol.